The number of nitrogens with zero attached hydrogens (tertiary/aromatic N) is 3. The molecule has 2 heterocycles. The van der Waals surface area contributed by atoms with E-state index in [1.165, 1.54) is 16.2 Å². The van der Waals surface area contributed by atoms with Gasteiger partial charge in [0, 0.05) is 5.56 Å². The topological polar surface area (TPSA) is 102 Å². The molecule has 186 valence electrons. The number of carbonyl (C=O) groups excluding carboxylic acids is 2. The van der Waals surface area contributed by atoms with E-state index >= 15 is 0 Å². The van der Waals surface area contributed by atoms with Gasteiger partial charge in [-0.25, -0.2) is 0 Å². The molecule has 1 fully saturated rings. The van der Waals surface area contributed by atoms with E-state index < -0.39 is 17.7 Å². The van der Waals surface area contributed by atoms with Gasteiger partial charge in [0.15, 0.2) is 0 Å². The number of aliphatic hydroxyl groups is 1. The fourth-order valence-electron chi connectivity index (χ4n) is 4.13. The van der Waals surface area contributed by atoms with Crippen molar-refractivity contribution in [1.82, 2.24) is 10.2 Å². The summed E-state index contributed by atoms with van der Waals surface area (Å²) in [5, 5.41) is 20.4. The molecule has 37 heavy (non-hydrogen) atoms. The summed E-state index contributed by atoms with van der Waals surface area (Å²) in [6, 6.07) is 22.1. The summed E-state index contributed by atoms with van der Waals surface area (Å²) < 4.78 is 11.5. The molecule has 4 aromatic rings. The van der Waals surface area contributed by atoms with E-state index in [1.54, 1.807) is 55.5 Å². The van der Waals surface area contributed by atoms with Crippen LogP contribution in [0.3, 0.4) is 0 Å². The number of aryl methyl sites for hydroxylation is 1. The zero-order valence-electron chi connectivity index (χ0n) is 20.1. The molecule has 1 aliphatic heterocycles. The molecule has 1 saturated heterocycles. The monoisotopic (exact) mass is 513 g/mol. The highest BCUT2D eigenvalue weighted by atomic mass is 32.1. The molecule has 0 spiro atoms. The second-order valence-corrected chi connectivity index (χ2v) is 9.38. The maximum Gasteiger partial charge on any atom is 0.301 e. The lowest BCUT2D eigenvalue weighted by molar-refractivity contribution is -0.132. The summed E-state index contributed by atoms with van der Waals surface area (Å²) in [4.78, 5) is 27.9. The first-order valence-electron chi connectivity index (χ1n) is 11.6. The van der Waals surface area contributed by atoms with Crippen LogP contribution >= 0.6 is 11.3 Å². The van der Waals surface area contributed by atoms with Gasteiger partial charge in [0.25, 0.3) is 5.78 Å². The van der Waals surface area contributed by atoms with Gasteiger partial charge < -0.3 is 14.6 Å². The molecule has 1 aliphatic rings. The number of ether oxygens (including phenoxy) is 2. The SMILES string of the molecule is CCOc1ccc(/C(O)=C2/C(=O)C(=O)N(c3nnc(C)s3)C2c2cccc(Oc3ccccc3)c2)cc1. The van der Waals surface area contributed by atoms with Gasteiger partial charge in [-0.3, -0.25) is 14.5 Å². The molecule has 0 saturated carbocycles. The van der Waals surface area contributed by atoms with Crippen LogP contribution in [0.1, 0.15) is 29.1 Å². The molecular formula is C28H23N3O5S. The molecule has 0 aliphatic carbocycles. The fourth-order valence-corrected chi connectivity index (χ4v) is 4.85. The smallest absolute Gasteiger partial charge is 0.301 e. The van der Waals surface area contributed by atoms with Gasteiger partial charge in [0.2, 0.25) is 5.13 Å². The van der Waals surface area contributed by atoms with Crippen LogP contribution in [0.4, 0.5) is 5.13 Å². The van der Waals surface area contributed by atoms with Crippen LogP contribution < -0.4 is 14.4 Å². The molecule has 9 heteroatoms. The summed E-state index contributed by atoms with van der Waals surface area (Å²) in [6.07, 6.45) is 0. The van der Waals surface area contributed by atoms with E-state index in [9.17, 15) is 14.7 Å². The molecule has 8 nitrogen and oxygen atoms in total. The maximum atomic E-state index is 13.3. The Kier molecular flexibility index (Phi) is 6.70. The van der Waals surface area contributed by atoms with E-state index in [2.05, 4.69) is 10.2 Å². The number of carbonyl (C=O) groups is 2. The highest BCUT2D eigenvalue weighted by Crippen LogP contribution is 2.43. The first kappa shape index (κ1) is 24.2. The Hall–Kier alpha value is -4.50. The van der Waals surface area contributed by atoms with Gasteiger partial charge in [-0.2, -0.15) is 0 Å². The van der Waals surface area contributed by atoms with Gasteiger partial charge in [0.05, 0.1) is 18.2 Å². The van der Waals surface area contributed by atoms with E-state index in [1.807, 2.05) is 37.3 Å². The zero-order valence-corrected chi connectivity index (χ0v) is 20.9. The molecule has 3 aromatic carbocycles. The molecule has 5 rings (SSSR count). The van der Waals surface area contributed by atoms with Crippen molar-refractivity contribution in [2.24, 2.45) is 0 Å². The molecule has 0 bridgehead atoms. The Morgan fingerprint density at radius 2 is 1.68 bits per heavy atom. The van der Waals surface area contributed by atoms with Gasteiger partial charge in [-0.05, 0) is 67.9 Å². The Labute approximate surface area is 217 Å². The Morgan fingerprint density at radius 3 is 2.35 bits per heavy atom. The van der Waals surface area contributed by atoms with E-state index in [4.69, 9.17) is 9.47 Å². The number of anilines is 1. The third kappa shape index (κ3) is 4.81. The lowest BCUT2D eigenvalue weighted by atomic mass is 9.95. The second-order valence-electron chi connectivity index (χ2n) is 8.22. The second kappa shape index (κ2) is 10.2. The van der Waals surface area contributed by atoms with Crippen LogP contribution in [0.25, 0.3) is 5.76 Å². The van der Waals surface area contributed by atoms with Gasteiger partial charge >= 0.3 is 5.91 Å². The molecule has 1 unspecified atom stereocenters. The van der Waals surface area contributed by atoms with Crippen molar-refractivity contribution >= 4 is 33.9 Å². The number of hydrogen-bond donors (Lipinski definition) is 1. The maximum absolute atomic E-state index is 13.3. The van der Waals surface area contributed by atoms with Gasteiger partial charge in [0.1, 0.15) is 28.0 Å². The fraction of sp³-hybridized carbons (Fsp3) is 0.143. The Balaban J connectivity index is 1.62. The third-order valence-corrected chi connectivity index (χ3v) is 6.60. The van der Waals surface area contributed by atoms with Crippen molar-refractivity contribution < 1.29 is 24.2 Å². The first-order valence-corrected chi connectivity index (χ1v) is 12.4. The van der Waals surface area contributed by atoms with E-state index in [-0.39, 0.29) is 16.5 Å². The number of rotatable bonds is 7. The van der Waals surface area contributed by atoms with Crippen LogP contribution in [-0.2, 0) is 9.59 Å². The minimum atomic E-state index is -0.932. The number of aliphatic hydroxyl groups excluding tert-OH is 1. The predicted octanol–water partition coefficient (Wildman–Crippen LogP) is 5.66. The molecule has 1 atom stereocenters. The highest BCUT2D eigenvalue weighted by Gasteiger charge is 2.48. The molecular weight excluding hydrogens is 490 g/mol. The van der Waals surface area contributed by atoms with Crippen molar-refractivity contribution in [3.8, 4) is 17.2 Å². The van der Waals surface area contributed by atoms with Crippen LogP contribution in [0, 0.1) is 6.92 Å². The van der Waals surface area contributed by atoms with Crippen molar-refractivity contribution in [1.29, 1.82) is 0 Å². The van der Waals surface area contributed by atoms with Crippen LogP contribution in [0.2, 0.25) is 0 Å². The summed E-state index contributed by atoms with van der Waals surface area (Å²) >= 11 is 1.19. The van der Waals surface area contributed by atoms with Gasteiger partial charge in [-0.1, -0.05) is 41.7 Å². The number of para-hydroxylation sites is 1. The van der Waals surface area contributed by atoms with Crippen molar-refractivity contribution in [3.63, 3.8) is 0 Å². The molecule has 0 radical (unpaired) electrons. The summed E-state index contributed by atoms with van der Waals surface area (Å²) in [5.74, 6) is -0.0936. The first-order chi connectivity index (χ1) is 18.0. The Bertz CT molecular complexity index is 1480. The van der Waals surface area contributed by atoms with Crippen LogP contribution in [-0.4, -0.2) is 33.6 Å². The number of Topliss-reactive ketones (excluding diaryl/α,β-unsaturated/α-hetero) is 1. The zero-order chi connectivity index (χ0) is 25.9. The number of amides is 1. The average Bonchev–Trinajstić information content (AvgIpc) is 3.45. The van der Waals surface area contributed by atoms with Crippen molar-refractivity contribution in [3.05, 3.63) is 101 Å². The predicted molar refractivity (Wildman–Crippen MR) is 140 cm³/mol. The summed E-state index contributed by atoms with van der Waals surface area (Å²) in [7, 11) is 0. The van der Waals surface area contributed by atoms with Crippen molar-refractivity contribution in [2.45, 2.75) is 19.9 Å². The molecule has 1 N–H and O–H groups in total. The minimum absolute atomic E-state index is 0.0427. The quantitative estimate of drug-likeness (QED) is 0.193. The Morgan fingerprint density at radius 1 is 0.946 bits per heavy atom. The number of benzene rings is 3. The normalized spacial score (nSPS) is 16.7. The number of ketones is 1. The lowest BCUT2D eigenvalue weighted by Gasteiger charge is -2.23. The summed E-state index contributed by atoms with van der Waals surface area (Å²) in [6.45, 7) is 4.14. The number of hydrogen-bond acceptors (Lipinski definition) is 8. The van der Waals surface area contributed by atoms with Gasteiger partial charge in [-0.15, -0.1) is 10.2 Å². The van der Waals surface area contributed by atoms with Crippen LogP contribution in [0.5, 0.6) is 17.2 Å². The standard InChI is InChI=1S/C28H23N3O5S/c1-3-35-20-14-12-18(13-15-20)25(32)23-24(31(27(34)26(23)33)28-30-29-17(2)37-28)19-8-7-11-22(16-19)36-21-9-5-4-6-10-21/h4-16,24,32H,3H2,1-2H3/b25-23-. The average molecular weight is 514 g/mol. The third-order valence-electron chi connectivity index (χ3n) is 5.76. The van der Waals surface area contributed by atoms with Crippen molar-refractivity contribution in [2.75, 3.05) is 11.5 Å². The molecule has 1 aromatic heterocycles. The lowest BCUT2D eigenvalue weighted by Crippen LogP contribution is -2.29. The largest absolute Gasteiger partial charge is 0.507 e. The van der Waals surface area contributed by atoms with E-state index in [0.29, 0.717) is 40.0 Å². The summed E-state index contributed by atoms with van der Waals surface area (Å²) in [5.41, 5.74) is 0.920. The highest BCUT2D eigenvalue weighted by molar-refractivity contribution is 7.15. The number of aromatic nitrogens is 2. The molecule has 1 amide bonds. The van der Waals surface area contributed by atoms with E-state index in [0.717, 1.165) is 0 Å². The minimum Gasteiger partial charge on any atom is -0.507 e. The van der Waals surface area contributed by atoms with Crippen LogP contribution in [0.15, 0.2) is 84.4 Å².